The normalized spacial score (nSPS) is 9.69. The second kappa shape index (κ2) is 5.50. The van der Waals surface area contributed by atoms with Crippen LogP contribution in [0.1, 0.15) is 10.4 Å². The van der Waals surface area contributed by atoms with Gasteiger partial charge in [-0.1, -0.05) is 0 Å². The standard InChI is InChI=1S/C10H12N2O3S/c1-12(2)10(14)16-8-7(9(13)15-3)5-4-6-11-8/h4-6H,1-3H3. The number of rotatable bonds is 2. The Balaban J connectivity index is 2.95. The summed E-state index contributed by atoms with van der Waals surface area (Å²) in [7, 11) is 4.56. The molecule has 0 bridgehead atoms. The predicted molar refractivity (Wildman–Crippen MR) is 60.5 cm³/mol. The minimum absolute atomic E-state index is 0.191. The van der Waals surface area contributed by atoms with Gasteiger partial charge in [-0.25, -0.2) is 9.78 Å². The summed E-state index contributed by atoms with van der Waals surface area (Å²) >= 11 is 0.897. The zero-order chi connectivity index (χ0) is 12.1. The third kappa shape index (κ3) is 2.96. The summed E-state index contributed by atoms with van der Waals surface area (Å²) < 4.78 is 4.60. The largest absolute Gasteiger partial charge is 0.465 e. The van der Waals surface area contributed by atoms with Gasteiger partial charge in [-0.05, 0) is 23.9 Å². The summed E-state index contributed by atoms with van der Waals surface area (Å²) in [6.07, 6.45) is 1.53. The summed E-state index contributed by atoms with van der Waals surface area (Å²) in [6, 6.07) is 3.19. The Labute approximate surface area is 97.8 Å². The van der Waals surface area contributed by atoms with Gasteiger partial charge in [-0.3, -0.25) is 4.79 Å². The van der Waals surface area contributed by atoms with Gasteiger partial charge in [-0.2, -0.15) is 0 Å². The molecule has 1 aromatic heterocycles. The zero-order valence-electron chi connectivity index (χ0n) is 9.26. The number of nitrogens with zero attached hydrogens (tertiary/aromatic N) is 2. The molecule has 1 aromatic rings. The monoisotopic (exact) mass is 240 g/mol. The Hall–Kier alpha value is -1.56. The van der Waals surface area contributed by atoms with Crippen molar-refractivity contribution in [3.8, 4) is 0 Å². The number of carbonyl (C=O) groups excluding carboxylic acids is 2. The van der Waals surface area contributed by atoms with Crippen molar-refractivity contribution in [3.63, 3.8) is 0 Å². The molecule has 0 aliphatic rings. The van der Waals surface area contributed by atoms with E-state index >= 15 is 0 Å². The van der Waals surface area contributed by atoms with Crippen molar-refractivity contribution in [2.24, 2.45) is 0 Å². The third-order valence-corrected chi connectivity index (χ3v) is 2.78. The average Bonchev–Trinajstić information content (AvgIpc) is 2.28. The number of amides is 1. The molecule has 0 saturated carbocycles. The molecular weight excluding hydrogens is 228 g/mol. The molecule has 5 nitrogen and oxygen atoms in total. The molecule has 1 rings (SSSR count). The molecule has 0 aliphatic heterocycles. The Morgan fingerprint density at radius 1 is 1.44 bits per heavy atom. The van der Waals surface area contributed by atoms with Gasteiger partial charge in [0.05, 0.1) is 12.7 Å². The van der Waals surface area contributed by atoms with Crippen molar-refractivity contribution < 1.29 is 14.3 Å². The van der Waals surface area contributed by atoms with Crippen LogP contribution < -0.4 is 0 Å². The molecule has 0 saturated heterocycles. The molecule has 0 radical (unpaired) electrons. The van der Waals surface area contributed by atoms with E-state index in [9.17, 15) is 9.59 Å². The number of pyridine rings is 1. The van der Waals surface area contributed by atoms with Crippen LogP contribution in [-0.4, -0.2) is 42.3 Å². The highest BCUT2D eigenvalue weighted by Crippen LogP contribution is 2.22. The Morgan fingerprint density at radius 2 is 2.12 bits per heavy atom. The first kappa shape index (κ1) is 12.5. The van der Waals surface area contributed by atoms with Gasteiger partial charge in [0, 0.05) is 20.3 Å². The fraction of sp³-hybridized carbons (Fsp3) is 0.300. The fourth-order valence-electron chi connectivity index (χ4n) is 0.911. The third-order valence-electron chi connectivity index (χ3n) is 1.73. The molecule has 6 heteroatoms. The van der Waals surface area contributed by atoms with Gasteiger partial charge in [-0.15, -0.1) is 0 Å². The molecule has 0 N–H and O–H groups in total. The maximum Gasteiger partial charge on any atom is 0.340 e. The Kier molecular flexibility index (Phi) is 4.30. The molecule has 1 heterocycles. The van der Waals surface area contributed by atoms with Gasteiger partial charge in [0.25, 0.3) is 5.24 Å². The molecule has 0 fully saturated rings. The van der Waals surface area contributed by atoms with Crippen molar-refractivity contribution in [3.05, 3.63) is 23.9 Å². The minimum Gasteiger partial charge on any atom is -0.465 e. The van der Waals surface area contributed by atoms with E-state index in [1.807, 2.05) is 0 Å². The zero-order valence-corrected chi connectivity index (χ0v) is 10.1. The van der Waals surface area contributed by atoms with E-state index in [1.54, 1.807) is 26.2 Å². The highest BCUT2D eigenvalue weighted by molar-refractivity contribution is 8.13. The number of hydrogen-bond acceptors (Lipinski definition) is 5. The summed E-state index contributed by atoms with van der Waals surface area (Å²) in [5.74, 6) is -0.498. The van der Waals surface area contributed by atoms with Crippen molar-refractivity contribution >= 4 is 23.0 Å². The van der Waals surface area contributed by atoms with Crippen molar-refractivity contribution in [2.45, 2.75) is 5.03 Å². The number of thioether (sulfide) groups is 1. The topological polar surface area (TPSA) is 59.5 Å². The van der Waals surface area contributed by atoms with E-state index in [1.165, 1.54) is 18.2 Å². The van der Waals surface area contributed by atoms with Crippen LogP contribution in [0.15, 0.2) is 23.4 Å². The highest BCUT2D eigenvalue weighted by Gasteiger charge is 2.16. The molecule has 1 amide bonds. The van der Waals surface area contributed by atoms with Crippen LogP contribution in [0, 0.1) is 0 Å². The van der Waals surface area contributed by atoms with Crippen LogP contribution in [0.5, 0.6) is 0 Å². The summed E-state index contributed by atoms with van der Waals surface area (Å²) in [4.78, 5) is 28.3. The molecule has 0 aliphatic carbocycles. The van der Waals surface area contributed by atoms with Crippen LogP contribution >= 0.6 is 11.8 Å². The van der Waals surface area contributed by atoms with Gasteiger partial charge in [0.1, 0.15) is 5.03 Å². The number of aromatic nitrogens is 1. The summed E-state index contributed by atoms with van der Waals surface area (Å²) in [5, 5.41) is 0.164. The smallest absolute Gasteiger partial charge is 0.340 e. The van der Waals surface area contributed by atoms with Crippen LogP contribution in [0.2, 0.25) is 0 Å². The molecule has 0 unspecified atom stereocenters. The SMILES string of the molecule is COC(=O)c1cccnc1SC(=O)N(C)C. The number of hydrogen-bond donors (Lipinski definition) is 0. The lowest BCUT2D eigenvalue weighted by atomic mass is 10.3. The van der Waals surface area contributed by atoms with Gasteiger partial charge in [0.2, 0.25) is 0 Å². The van der Waals surface area contributed by atoms with Crippen LogP contribution in [0.4, 0.5) is 4.79 Å². The first-order valence-electron chi connectivity index (χ1n) is 4.48. The molecule has 16 heavy (non-hydrogen) atoms. The van der Waals surface area contributed by atoms with E-state index in [0.717, 1.165) is 11.8 Å². The summed E-state index contributed by atoms with van der Waals surface area (Å²) in [5.41, 5.74) is 0.296. The lowest BCUT2D eigenvalue weighted by Crippen LogP contribution is -2.17. The van der Waals surface area contributed by atoms with E-state index in [-0.39, 0.29) is 5.24 Å². The van der Waals surface area contributed by atoms with Crippen LogP contribution in [0.3, 0.4) is 0 Å². The molecular formula is C10H12N2O3S. The van der Waals surface area contributed by atoms with E-state index in [2.05, 4.69) is 9.72 Å². The lowest BCUT2D eigenvalue weighted by molar-refractivity contribution is 0.0596. The Bertz CT molecular complexity index is 407. The average molecular weight is 240 g/mol. The minimum atomic E-state index is -0.498. The lowest BCUT2D eigenvalue weighted by Gasteiger charge is -2.10. The number of ether oxygens (including phenoxy) is 1. The highest BCUT2D eigenvalue weighted by atomic mass is 32.2. The second-order valence-electron chi connectivity index (χ2n) is 3.11. The van der Waals surface area contributed by atoms with E-state index < -0.39 is 5.97 Å². The number of carbonyl (C=O) groups is 2. The van der Waals surface area contributed by atoms with Gasteiger partial charge >= 0.3 is 5.97 Å². The molecule has 0 spiro atoms. The molecule has 0 aromatic carbocycles. The summed E-state index contributed by atoms with van der Waals surface area (Å²) in [6.45, 7) is 0. The quantitative estimate of drug-likeness (QED) is 0.581. The van der Waals surface area contributed by atoms with Crippen molar-refractivity contribution in [2.75, 3.05) is 21.2 Å². The molecule has 0 atom stereocenters. The maximum atomic E-state index is 11.5. The van der Waals surface area contributed by atoms with E-state index in [0.29, 0.717) is 10.6 Å². The number of esters is 1. The second-order valence-corrected chi connectivity index (χ2v) is 4.05. The maximum absolute atomic E-state index is 11.5. The van der Waals surface area contributed by atoms with Crippen molar-refractivity contribution in [1.29, 1.82) is 0 Å². The van der Waals surface area contributed by atoms with Gasteiger partial charge in [0.15, 0.2) is 0 Å². The van der Waals surface area contributed by atoms with Crippen molar-refractivity contribution in [1.82, 2.24) is 9.88 Å². The Morgan fingerprint density at radius 3 is 2.69 bits per heavy atom. The fourth-order valence-corrected chi connectivity index (χ4v) is 1.63. The van der Waals surface area contributed by atoms with Gasteiger partial charge < -0.3 is 9.64 Å². The predicted octanol–water partition coefficient (Wildman–Crippen LogP) is 1.64. The van der Waals surface area contributed by atoms with Crippen LogP contribution in [-0.2, 0) is 4.74 Å². The first-order valence-corrected chi connectivity index (χ1v) is 5.30. The van der Waals surface area contributed by atoms with E-state index in [4.69, 9.17) is 0 Å². The first-order chi connectivity index (χ1) is 7.56. The molecule has 86 valence electrons. The number of methoxy groups -OCH3 is 1. The van der Waals surface area contributed by atoms with Crippen LogP contribution in [0.25, 0.3) is 0 Å².